The normalized spacial score (nSPS) is 12.0. The lowest BCUT2D eigenvalue weighted by atomic mass is 10.0. The van der Waals surface area contributed by atoms with E-state index in [1.165, 1.54) is 76.7 Å². The number of hydrogen-bond acceptors (Lipinski definition) is 4. The van der Waals surface area contributed by atoms with Gasteiger partial charge in [-0.25, -0.2) is 8.37 Å². The van der Waals surface area contributed by atoms with E-state index in [1.807, 2.05) is 0 Å². The lowest BCUT2D eigenvalue weighted by molar-refractivity contribution is 0.225. The zero-order valence-corrected chi connectivity index (χ0v) is 18.0. The maximum Gasteiger partial charge on any atom is 0.400 e. The number of rotatable bonds is 20. The van der Waals surface area contributed by atoms with Crippen LogP contribution in [0.4, 0.5) is 0 Å². The van der Waals surface area contributed by atoms with E-state index in [1.54, 1.807) is 0 Å². The maximum atomic E-state index is 11.3. The van der Waals surface area contributed by atoms with E-state index in [9.17, 15) is 8.42 Å². The molecule has 0 fully saturated rings. The quantitative estimate of drug-likeness (QED) is 0.174. The van der Waals surface area contributed by atoms with Crippen LogP contribution < -0.4 is 0 Å². The fourth-order valence-corrected chi connectivity index (χ4v) is 3.58. The first-order valence-electron chi connectivity index (χ1n) is 10.6. The van der Waals surface area contributed by atoms with Crippen molar-refractivity contribution in [2.24, 2.45) is 5.92 Å². The van der Waals surface area contributed by atoms with Gasteiger partial charge in [0, 0.05) is 0 Å². The molecule has 0 aromatic carbocycles. The zero-order chi connectivity index (χ0) is 19.5. The second kappa shape index (κ2) is 18.0. The van der Waals surface area contributed by atoms with Gasteiger partial charge in [0.15, 0.2) is 0 Å². The third-order valence-electron chi connectivity index (χ3n) is 4.48. The molecule has 4 nitrogen and oxygen atoms in total. The lowest BCUT2D eigenvalue weighted by Crippen LogP contribution is -2.11. The van der Waals surface area contributed by atoms with Gasteiger partial charge in [-0.1, -0.05) is 103 Å². The molecule has 0 aromatic heterocycles. The summed E-state index contributed by atoms with van der Waals surface area (Å²) in [7, 11) is -3.84. The molecule has 0 rings (SSSR count). The van der Waals surface area contributed by atoms with Gasteiger partial charge in [0.05, 0.1) is 13.2 Å². The summed E-state index contributed by atoms with van der Waals surface area (Å²) in [5.74, 6) is 0.854. The molecule has 0 spiro atoms. The van der Waals surface area contributed by atoms with Gasteiger partial charge in [-0.15, -0.1) is 6.58 Å². The zero-order valence-electron chi connectivity index (χ0n) is 17.2. The minimum Gasteiger partial charge on any atom is -0.248 e. The third kappa shape index (κ3) is 19.9. The highest BCUT2D eigenvalue weighted by atomic mass is 32.3. The Morgan fingerprint density at radius 3 is 1.58 bits per heavy atom. The Morgan fingerprint density at radius 1 is 0.731 bits per heavy atom. The van der Waals surface area contributed by atoms with Crippen molar-refractivity contribution in [1.29, 1.82) is 0 Å². The molecule has 0 aliphatic heterocycles. The van der Waals surface area contributed by atoms with E-state index in [0.29, 0.717) is 0 Å². The van der Waals surface area contributed by atoms with Crippen LogP contribution in [0.1, 0.15) is 104 Å². The van der Waals surface area contributed by atoms with Crippen LogP contribution in [0.2, 0.25) is 0 Å². The second-order valence-corrected chi connectivity index (χ2v) is 8.87. The van der Waals surface area contributed by atoms with Crippen LogP contribution in [0, 0.1) is 5.92 Å². The molecule has 0 unspecified atom stereocenters. The molecule has 0 radical (unpaired) electrons. The summed E-state index contributed by atoms with van der Waals surface area (Å²) in [5.41, 5.74) is 0. The SMILES string of the molecule is C=CCOS(=O)(=O)OCCCCCCCCCCCCCCCC(C)C. The highest BCUT2D eigenvalue weighted by Crippen LogP contribution is 2.14. The fraction of sp³-hybridized carbons (Fsp3) is 0.905. The van der Waals surface area contributed by atoms with Gasteiger partial charge in [0.2, 0.25) is 0 Å². The standard InChI is InChI=1S/C21H42O4S/c1-4-19-24-26(22,23)25-20-17-15-13-11-9-7-5-6-8-10-12-14-16-18-21(2)3/h4,21H,1,5-20H2,2-3H3. The highest BCUT2D eigenvalue weighted by molar-refractivity contribution is 7.81. The summed E-state index contributed by atoms with van der Waals surface area (Å²) in [6, 6.07) is 0. The van der Waals surface area contributed by atoms with Crippen molar-refractivity contribution in [1.82, 2.24) is 0 Å². The monoisotopic (exact) mass is 390 g/mol. The summed E-state index contributed by atoms with van der Waals surface area (Å²) in [4.78, 5) is 0. The lowest BCUT2D eigenvalue weighted by Gasteiger charge is -2.05. The predicted octanol–water partition coefficient (Wildman–Crippen LogP) is 6.57. The Balaban J connectivity index is 3.19. The number of hydrogen-bond donors (Lipinski definition) is 0. The van der Waals surface area contributed by atoms with E-state index in [4.69, 9.17) is 4.18 Å². The van der Waals surface area contributed by atoms with Crippen molar-refractivity contribution in [3.63, 3.8) is 0 Å². The first-order valence-corrected chi connectivity index (χ1v) is 12.0. The molecule has 0 aliphatic rings. The largest absolute Gasteiger partial charge is 0.400 e. The van der Waals surface area contributed by atoms with Gasteiger partial charge in [0.1, 0.15) is 0 Å². The van der Waals surface area contributed by atoms with Gasteiger partial charge in [-0.05, 0) is 12.3 Å². The maximum absolute atomic E-state index is 11.3. The molecule has 0 saturated heterocycles. The van der Waals surface area contributed by atoms with Crippen LogP contribution in [0.3, 0.4) is 0 Å². The van der Waals surface area contributed by atoms with Gasteiger partial charge in [-0.2, -0.15) is 8.42 Å². The van der Waals surface area contributed by atoms with E-state index < -0.39 is 10.4 Å². The molecule has 0 amide bonds. The van der Waals surface area contributed by atoms with Crippen LogP contribution in [0.5, 0.6) is 0 Å². The molecule has 0 bridgehead atoms. The van der Waals surface area contributed by atoms with Crippen molar-refractivity contribution in [3.05, 3.63) is 12.7 Å². The van der Waals surface area contributed by atoms with Gasteiger partial charge < -0.3 is 0 Å². The summed E-state index contributed by atoms with van der Waals surface area (Å²) >= 11 is 0. The van der Waals surface area contributed by atoms with Gasteiger partial charge in [0.25, 0.3) is 0 Å². The minimum absolute atomic E-state index is 0.0412. The predicted molar refractivity (Wildman–Crippen MR) is 110 cm³/mol. The van der Waals surface area contributed by atoms with Crippen molar-refractivity contribution >= 4 is 10.4 Å². The minimum atomic E-state index is -3.84. The van der Waals surface area contributed by atoms with Crippen molar-refractivity contribution in [3.8, 4) is 0 Å². The van der Waals surface area contributed by atoms with Crippen LogP contribution in [-0.4, -0.2) is 21.6 Å². The Bertz CT molecular complexity index is 404. The molecule has 26 heavy (non-hydrogen) atoms. The van der Waals surface area contributed by atoms with Crippen molar-refractivity contribution in [2.45, 2.75) is 104 Å². The average molecular weight is 391 g/mol. The fourth-order valence-electron chi connectivity index (χ4n) is 2.93. The molecule has 0 aliphatic carbocycles. The van der Waals surface area contributed by atoms with Crippen molar-refractivity contribution in [2.75, 3.05) is 13.2 Å². The van der Waals surface area contributed by atoms with Crippen LogP contribution in [0.15, 0.2) is 12.7 Å². The second-order valence-electron chi connectivity index (χ2n) is 7.58. The average Bonchev–Trinajstić information content (AvgIpc) is 2.59. The smallest absolute Gasteiger partial charge is 0.248 e. The molecule has 0 aromatic rings. The molecule has 156 valence electrons. The topological polar surface area (TPSA) is 52.6 Å². The first kappa shape index (κ1) is 25.6. The molecule has 5 heteroatoms. The Labute approximate surface area is 163 Å². The Hall–Kier alpha value is -0.390. The number of unbranched alkanes of at least 4 members (excludes halogenated alkanes) is 12. The highest BCUT2D eigenvalue weighted by Gasteiger charge is 2.09. The molecule has 0 heterocycles. The Morgan fingerprint density at radius 2 is 1.15 bits per heavy atom. The summed E-state index contributed by atoms with van der Waals surface area (Å²) in [6.45, 7) is 8.17. The van der Waals surface area contributed by atoms with Gasteiger partial charge in [-0.3, -0.25) is 0 Å². The summed E-state index contributed by atoms with van der Waals surface area (Å²) in [6.07, 6.45) is 19.3. The van der Waals surface area contributed by atoms with Crippen LogP contribution >= 0.6 is 0 Å². The first-order chi connectivity index (χ1) is 12.5. The van der Waals surface area contributed by atoms with Crippen molar-refractivity contribution < 1.29 is 16.8 Å². The Kier molecular flexibility index (Phi) is 17.7. The van der Waals surface area contributed by atoms with Gasteiger partial charge >= 0.3 is 10.4 Å². The summed E-state index contributed by atoms with van der Waals surface area (Å²) in [5, 5.41) is 0. The van der Waals surface area contributed by atoms with E-state index in [2.05, 4.69) is 24.6 Å². The third-order valence-corrected chi connectivity index (χ3v) is 5.36. The molecular weight excluding hydrogens is 348 g/mol. The molecule has 0 atom stereocenters. The molecule has 0 saturated carbocycles. The van der Waals surface area contributed by atoms with Crippen LogP contribution in [-0.2, 0) is 18.8 Å². The molecule has 0 N–H and O–H groups in total. The van der Waals surface area contributed by atoms with Crippen LogP contribution in [0.25, 0.3) is 0 Å². The van der Waals surface area contributed by atoms with E-state index in [0.717, 1.165) is 25.2 Å². The summed E-state index contributed by atoms with van der Waals surface area (Å²) < 4.78 is 31.8. The van der Waals surface area contributed by atoms with E-state index >= 15 is 0 Å². The van der Waals surface area contributed by atoms with E-state index in [-0.39, 0.29) is 13.2 Å². The molecular formula is C21H42O4S.